The van der Waals surface area contributed by atoms with Crippen LogP contribution >= 0.6 is 0 Å². The normalized spacial score (nSPS) is 23.3. The summed E-state index contributed by atoms with van der Waals surface area (Å²) in [7, 11) is 0. The fourth-order valence-corrected chi connectivity index (χ4v) is 4.33. The van der Waals surface area contributed by atoms with Gasteiger partial charge in [-0.15, -0.1) is 0 Å². The molecule has 0 spiro atoms. The number of nitrogens with zero attached hydrogens (tertiary/aromatic N) is 1. The molecule has 1 heterocycles. The van der Waals surface area contributed by atoms with Crippen LogP contribution in [0.4, 0.5) is 0 Å². The van der Waals surface area contributed by atoms with E-state index in [9.17, 15) is 14.4 Å². The third-order valence-corrected chi connectivity index (χ3v) is 6.72. The Labute approximate surface area is 190 Å². The molecule has 6 heteroatoms. The van der Waals surface area contributed by atoms with Gasteiger partial charge in [0.2, 0.25) is 5.91 Å². The van der Waals surface area contributed by atoms with Crippen molar-refractivity contribution in [3.05, 3.63) is 59.5 Å². The highest BCUT2D eigenvalue weighted by Crippen LogP contribution is 2.40. The highest BCUT2D eigenvalue weighted by Gasteiger charge is 2.37. The summed E-state index contributed by atoms with van der Waals surface area (Å²) >= 11 is 0. The van der Waals surface area contributed by atoms with Crippen LogP contribution in [0.3, 0.4) is 0 Å². The lowest BCUT2D eigenvalue weighted by Gasteiger charge is -2.26. The van der Waals surface area contributed by atoms with Crippen molar-refractivity contribution in [1.29, 1.82) is 0 Å². The zero-order valence-corrected chi connectivity index (χ0v) is 18.9. The van der Waals surface area contributed by atoms with Gasteiger partial charge in [-0.1, -0.05) is 43.4 Å². The lowest BCUT2D eigenvalue weighted by molar-refractivity contribution is -0.136. The molecule has 0 aromatic heterocycles. The van der Waals surface area contributed by atoms with Gasteiger partial charge in [0.1, 0.15) is 6.04 Å². The van der Waals surface area contributed by atoms with E-state index in [2.05, 4.69) is 36.3 Å². The summed E-state index contributed by atoms with van der Waals surface area (Å²) in [6, 6.07) is -0.548. The van der Waals surface area contributed by atoms with Crippen LogP contribution in [0.1, 0.15) is 58.3 Å². The topological polar surface area (TPSA) is 78.5 Å². The number of allylic oxidation sites excluding steroid dienone is 6. The average Bonchev–Trinajstić information content (AvgIpc) is 3.74. The van der Waals surface area contributed by atoms with E-state index in [1.165, 1.54) is 18.4 Å². The Bertz CT molecular complexity index is 930. The number of likely N-dealkylation sites (tertiary alicyclic amines) is 1. The second kappa shape index (κ2) is 9.72. The minimum Gasteiger partial charge on any atom is -0.328 e. The standard InChI is InChI=1S/C26H33N3O3/c1-17(20-13-14-20)22(15-12-19-10-11-19)28-25(31)23-9-6-16-29(23)26(32)18(2)27-24(30)21-7-4-3-5-8-21/h4,7-8,12,15,17,20,23H,2-3,5-6,9-11,13-14,16H2,1H3,(H,27,30)(H,28,31)/b22-15+. The largest absolute Gasteiger partial charge is 0.328 e. The molecule has 3 aliphatic carbocycles. The van der Waals surface area contributed by atoms with Crippen LogP contribution in [-0.4, -0.2) is 35.2 Å². The van der Waals surface area contributed by atoms with Crippen LogP contribution in [0.15, 0.2) is 59.5 Å². The van der Waals surface area contributed by atoms with E-state index in [1.54, 1.807) is 11.0 Å². The Morgan fingerprint density at radius 2 is 1.94 bits per heavy atom. The predicted molar refractivity (Wildman–Crippen MR) is 124 cm³/mol. The molecule has 32 heavy (non-hydrogen) atoms. The van der Waals surface area contributed by atoms with E-state index in [0.717, 1.165) is 37.8 Å². The molecule has 2 saturated carbocycles. The second-order valence-electron chi connectivity index (χ2n) is 9.29. The fraction of sp³-hybridized carbons (Fsp3) is 0.500. The molecule has 0 aromatic rings. The van der Waals surface area contributed by atoms with Gasteiger partial charge in [-0.2, -0.15) is 0 Å². The minimum absolute atomic E-state index is 0.00940. The van der Waals surface area contributed by atoms with Crippen molar-refractivity contribution in [2.45, 2.75) is 64.3 Å². The number of amides is 3. The maximum Gasteiger partial charge on any atom is 0.270 e. The molecular weight excluding hydrogens is 402 g/mol. The van der Waals surface area contributed by atoms with Crippen LogP contribution in [0.5, 0.6) is 0 Å². The van der Waals surface area contributed by atoms with Crippen LogP contribution in [0.25, 0.3) is 0 Å². The van der Waals surface area contributed by atoms with E-state index < -0.39 is 11.9 Å². The zero-order chi connectivity index (χ0) is 22.7. The summed E-state index contributed by atoms with van der Waals surface area (Å²) in [5.74, 6) is 0.0407. The number of rotatable bonds is 8. The Morgan fingerprint density at radius 1 is 1.16 bits per heavy atom. The van der Waals surface area contributed by atoms with Crippen LogP contribution in [0, 0.1) is 11.8 Å². The van der Waals surface area contributed by atoms with Crippen LogP contribution in [0.2, 0.25) is 0 Å². The molecule has 1 saturated heterocycles. The number of hydrogen-bond donors (Lipinski definition) is 2. The van der Waals surface area contributed by atoms with Crippen molar-refractivity contribution in [1.82, 2.24) is 15.5 Å². The van der Waals surface area contributed by atoms with Gasteiger partial charge in [0.15, 0.2) is 0 Å². The summed E-state index contributed by atoms with van der Waals surface area (Å²) in [5.41, 5.74) is 2.90. The van der Waals surface area contributed by atoms with E-state index in [-0.39, 0.29) is 17.5 Å². The van der Waals surface area contributed by atoms with E-state index in [0.29, 0.717) is 30.4 Å². The molecule has 6 nitrogen and oxygen atoms in total. The molecule has 3 amide bonds. The van der Waals surface area contributed by atoms with Gasteiger partial charge in [0.05, 0.1) is 5.70 Å². The van der Waals surface area contributed by atoms with Crippen molar-refractivity contribution < 1.29 is 14.4 Å². The number of carbonyl (C=O) groups excluding carboxylic acids is 3. The SMILES string of the molecule is C=C(NC(=O)C1=CCCC=C1)C(=O)N1CCCC1C(=O)N/C(=C/C=C1CC1)C(C)C1CC1. The molecular formula is C26H33N3O3. The second-order valence-corrected chi connectivity index (χ2v) is 9.29. The first-order chi connectivity index (χ1) is 15.4. The first-order valence-electron chi connectivity index (χ1n) is 11.8. The molecule has 2 N–H and O–H groups in total. The smallest absolute Gasteiger partial charge is 0.270 e. The molecule has 0 bridgehead atoms. The van der Waals surface area contributed by atoms with Crippen molar-refractivity contribution in [3.63, 3.8) is 0 Å². The first-order valence-corrected chi connectivity index (χ1v) is 11.8. The molecule has 3 fully saturated rings. The van der Waals surface area contributed by atoms with Crippen molar-refractivity contribution >= 4 is 17.7 Å². The third kappa shape index (κ3) is 5.47. The highest BCUT2D eigenvalue weighted by atomic mass is 16.2. The maximum absolute atomic E-state index is 13.2. The third-order valence-electron chi connectivity index (χ3n) is 6.72. The Morgan fingerprint density at radius 3 is 2.59 bits per heavy atom. The first kappa shape index (κ1) is 22.3. The van der Waals surface area contributed by atoms with Crippen LogP contribution in [-0.2, 0) is 14.4 Å². The summed E-state index contributed by atoms with van der Waals surface area (Å²) in [6.07, 6.45) is 17.5. The quantitative estimate of drug-likeness (QED) is 0.571. The molecule has 4 aliphatic rings. The lowest BCUT2D eigenvalue weighted by atomic mass is 10.0. The monoisotopic (exact) mass is 435 g/mol. The van der Waals surface area contributed by atoms with Crippen LogP contribution < -0.4 is 10.6 Å². The van der Waals surface area contributed by atoms with E-state index in [1.807, 2.05) is 12.2 Å². The van der Waals surface area contributed by atoms with Gasteiger partial charge in [-0.25, -0.2) is 0 Å². The highest BCUT2D eigenvalue weighted by molar-refractivity contribution is 6.04. The minimum atomic E-state index is -0.548. The van der Waals surface area contributed by atoms with Gasteiger partial charge in [-0.05, 0) is 69.3 Å². The summed E-state index contributed by atoms with van der Waals surface area (Å²) in [6.45, 7) is 6.43. The molecule has 4 rings (SSSR count). The van der Waals surface area contributed by atoms with Gasteiger partial charge < -0.3 is 15.5 Å². The van der Waals surface area contributed by atoms with E-state index >= 15 is 0 Å². The summed E-state index contributed by atoms with van der Waals surface area (Å²) in [5, 5.41) is 5.74. The Balaban J connectivity index is 1.39. The predicted octanol–water partition coefficient (Wildman–Crippen LogP) is 3.65. The number of carbonyl (C=O) groups is 3. The molecule has 1 aliphatic heterocycles. The Hall–Kier alpha value is -2.89. The summed E-state index contributed by atoms with van der Waals surface area (Å²) in [4.78, 5) is 40.1. The zero-order valence-electron chi connectivity index (χ0n) is 18.9. The van der Waals surface area contributed by atoms with Gasteiger partial charge in [-0.3, -0.25) is 14.4 Å². The van der Waals surface area contributed by atoms with Crippen molar-refractivity contribution in [2.75, 3.05) is 6.54 Å². The summed E-state index contributed by atoms with van der Waals surface area (Å²) < 4.78 is 0. The molecule has 0 radical (unpaired) electrons. The lowest BCUT2D eigenvalue weighted by Crippen LogP contribution is -2.48. The Kier molecular flexibility index (Phi) is 6.77. The fourth-order valence-electron chi connectivity index (χ4n) is 4.33. The van der Waals surface area contributed by atoms with Gasteiger partial charge in [0.25, 0.3) is 11.8 Å². The van der Waals surface area contributed by atoms with Crippen molar-refractivity contribution in [3.8, 4) is 0 Å². The number of nitrogens with one attached hydrogen (secondary N) is 2. The van der Waals surface area contributed by atoms with Gasteiger partial charge in [0, 0.05) is 17.8 Å². The maximum atomic E-state index is 13.2. The van der Waals surface area contributed by atoms with Gasteiger partial charge >= 0.3 is 0 Å². The average molecular weight is 436 g/mol. The molecule has 170 valence electrons. The molecule has 0 aromatic carbocycles. The van der Waals surface area contributed by atoms with Crippen molar-refractivity contribution in [2.24, 2.45) is 11.8 Å². The molecule has 2 unspecified atom stereocenters. The molecule has 2 atom stereocenters. The number of hydrogen-bond acceptors (Lipinski definition) is 3. The van der Waals surface area contributed by atoms with E-state index in [4.69, 9.17) is 0 Å².